The van der Waals surface area contributed by atoms with E-state index >= 15 is 0 Å². The summed E-state index contributed by atoms with van der Waals surface area (Å²) in [5, 5.41) is 27.2. The number of carboxylic acid groups (broad SMARTS) is 3. The van der Waals surface area contributed by atoms with Crippen molar-refractivity contribution in [3.05, 3.63) is 29.3 Å². The fourth-order valence-electron chi connectivity index (χ4n) is 2.63. The molecule has 0 spiro atoms. The SMILES string of the molecule is CC(C)(CC(=O)O)c1c[c]cc(C(C)(C)CC(=O)O)c1OC(=O)O. The van der Waals surface area contributed by atoms with Crippen LogP contribution in [0.3, 0.4) is 0 Å². The van der Waals surface area contributed by atoms with Gasteiger partial charge in [0.05, 0.1) is 12.8 Å². The van der Waals surface area contributed by atoms with Crippen LogP contribution in [-0.4, -0.2) is 33.4 Å². The zero-order chi connectivity index (χ0) is 18.7. The highest BCUT2D eigenvalue weighted by atomic mass is 16.7. The quantitative estimate of drug-likeness (QED) is 0.516. The Hall–Kier alpha value is -2.57. The molecule has 0 saturated heterocycles. The van der Waals surface area contributed by atoms with Gasteiger partial charge in [-0.15, -0.1) is 0 Å². The highest BCUT2D eigenvalue weighted by molar-refractivity contribution is 5.72. The average molecular weight is 337 g/mol. The molecule has 0 aliphatic carbocycles. The maximum absolute atomic E-state index is 11.1. The highest BCUT2D eigenvalue weighted by Crippen LogP contribution is 2.42. The normalized spacial score (nSPS) is 11.8. The number of hydrogen-bond acceptors (Lipinski definition) is 4. The summed E-state index contributed by atoms with van der Waals surface area (Å²) in [4.78, 5) is 33.3. The van der Waals surface area contributed by atoms with E-state index in [0.29, 0.717) is 11.1 Å². The lowest BCUT2D eigenvalue weighted by molar-refractivity contribution is -0.139. The maximum atomic E-state index is 11.1. The van der Waals surface area contributed by atoms with Gasteiger partial charge in [0.1, 0.15) is 5.75 Å². The summed E-state index contributed by atoms with van der Waals surface area (Å²) in [7, 11) is 0. The lowest BCUT2D eigenvalue weighted by Gasteiger charge is -2.31. The number of rotatable bonds is 7. The van der Waals surface area contributed by atoms with Crippen molar-refractivity contribution < 1.29 is 34.4 Å². The molecule has 0 amide bonds. The van der Waals surface area contributed by atoms with E-state index in [1.54, 1.807) is 27.7 Å². The molecule has 0 unspecified atom stereocenters. The zero-order valence-corrected chi connectivity index (χ0v) is 14.0. The van der Waals surface area contributed by atoms with Crippen molar-refractivity contribution in [3.8, 4) is 5.75 Å². The van der Waals surface area contributed by atoms with E-state index in [1.165, 1.54) is 12.1 Å². The maximum Gasteiger partial charge on any atom is 0.511 e. The molecule has 7 nitrogen and oxygen atoms in total. The predicted molar refractivity (Wildman–Crippen MR) is 84.5 cm³/mol. The van der Waals surface area contributed by atoms with Crippen LogP contribution < -0.4 is 4.74 Å². The van der Waals surface area contributed by atoms with Crippen LogP contribution in [0, 0.1) is 6.07 Å². The summed E-state index contributed by atoms with van der Waals surface area (Å²) < 4.78 is 4.92. The van der Waals surface area contributed by atoms with Gasteiger partial charge in [-0.1, -0.05) is 27.7 Å². The largest absolute Gasteiger partial charge is 0.511 e. The second-order valence-electron chi connectivity index (χ2n) is 6.89. The first-order chi connectivity index (χ1) is 10.9. The zero-order valence-electron chi connectivity index (χ0n) is 14.0. The molecule has 0 bridgehead atoms. The molecule has 0 atom stereocenters. The van der Waals surface area contributed by atoms with Crippen molar-refractivity contribution in [1.29, 1.82) is 0 Å². The van der Waals surface area contributed by atoms with Gasteiger partial charge < -0.3 is 20.1 Å². The van der Waals surface area contributed by atoms with Crippen LogP contribution in [0.1, 0.15) is 51.7 Å². The molecular weight excluding hydrogens is 316 g/mol. The number of benzene rings is 1. The summed E-state index contributed by atoms with van der Waals surface area (Å²) in [5.74, 6) is -2.12. The Bertz CT molecular complexity index is 613. The lowest BCUT2D eigenvalue weighted by Crippen LogP contribution is -2.27. The van der Waals surface area contributed by atoms with Gasteiger partial charge in [-0.05, 0) is 18.2 Å². The predicted octanol–water partition coefficient (Wildman–Crippen LogP) is 3.05. The van der Waals surface area contributed by atoms with Crippen LogP contribution in [0.2, 0.25) is 0 Å². The van der Waals surface area contributed by atoms with E-state index in [9.17, 15) is 14.4 Å². The summed E-state index contributed by atoms with van der Waals surface area (Å²) in [6.07, 6.45) is -2.06. The summed E-state index contributed by atoms with van der Waals surface area (Å²) in [6.45, 7) is 6.58. The van der Waals surface area contributed by atoms with Gasteiger partial charge >= 0.3 is 18.1 Å². The number of ether oxygens (including phenoxy) is 1. The average Bonchev–Trinajstić information content (AvgIpc) is 2.34. The van der Waals surface area contributed by atoms with Gasteiger partial charge in [-0.25, -0.2) is 4.79 Å². The monoisotopic (exact) mass is 337 g/mol. The molecule has 1 radical (unpaired) electrons. The summed E-state index contributed by atoms with van der Waals surface area (Å²) >= 11 is 0. The van der Waals surface area contributed by atoms with Crippen LogP contribution in [0.15, 0.2) is 12.1 Å². The van der Waals surface area contributed by atoms with E-state index in [1.807, 2.05) is 0 Å². The van der Waals surface area contributed by atoms with E-state index in [4.69, 9.17) is 20.1 Å². The smallest absolute Gasteiger partial charge is 0.481 e. The Balaban J connectivity index is 3.57. The molecule has 131 valence electrons. The number of hydrogen-bond donors (Lipinski definition) is 3. The van der Waals surface area contributed by atoms with Crippen LogP contribution in [0.5, 0.6) is 5.75 Å². The topological polar surface area (TPSA) is 121 Å². The standard InChI is InChI=1S/C17H21O7/c1-16(2,8-12(18)19)10-6-5-7-11(14(10)24-15(22)23)17(3,4)9-13(20)21/h6-7H,8-9H2,1-4H3,(H,18,19)(H,20,21)(H,22,23). The highest BCUT2D eigenvalue weighted by Gasteiger charge is 2.34. The molecule has 1 aromatic carbocycles. The third-order valence-electron chi connectivity index (χ3n) is 3.78. The Morgan fingerprint density at radius 1 is 0.917 bits per heavy atom. The Kier molecular flexibility index (Phi) is 5.60. The molecule has 0 fully saturated rings. The van der Waals surface area contributed by atoms with Gasteiger partial charge in [0, 0.05) is 22.0 Å². The first kappa shape index (κ1) is 19.5. The molecule has 0 aromatic heterocycles. The molecule has 3 N–H and O–H groups in total. The molecule has 0 aliphatic heterocycles. The minimum Gasteiger partial charge on any atom is -0.481 e. The number of carbonyl (C=O) groups is 3. The minimum atomic E-state index is -1.55. The van der Waals surface area contributed by atoms with Gasteiger partial charge in [0.25, 0.3) is 0 Å². The second kappa shape index (κ2) is 6.90. The van der Waals surface area contributed by atoms with Crippen molar-refractivity contribution in [1.82, 2.24) is 0 Å². The minimum absolute atomic E-state index is 0.0289. The molecule has 24 heavy (non-hydrogen) atoms. The van der Waals surface area contributed by atoms with Crippen LogP contribution in [0.25, 0.3) is 0 Å². The van der Waals surface area contributed by atoms with E-state index in [2.05, 4.69) is 6.07 Å². The summed E-state index contributed by atoms with van der Waals surface area (Å²) in [6, 6.07) is 5.79. The molecule has 1 rings (SSSR count). The van der Waals surface area contributed by atoms with Crippen LogP contribution in [0.4, 0.5) is 4.79 Å². The second-order valence-corrected chi connectivity index (χ2v) is 6.89. The Labute approximate surface area is 139 Å². The Morgan fingerprint density at radius 3 is 1.58 bits per heavy atom. The number of carboxylic acids is 2. The molecule has 0 saturated carbocycles. The third kappa shape index (κ3) is 4.71. The lowest BCUT2D eigenvalue weighted by atomic mass is 9.75. The molecule has 7 heteroatoms. The van der Waals surface area contributed by atoms with Crippen molar-refractivity contribution >= 4 is 18.1 Å². The van der Waals surface area contributed by atoms with E-state index in [-0.39, 0.29) is 18.6 Å². The fraction of sp³-hybridized carbons (Fsp3) is 0.471. The van der Waals surface area contributed by atoms with Gasteiger partial charge in [-0.3, -0.25) is 9.59 Å². The third-order valence-corrected chi connectivity index (χ3v) is 3.78. The van der Waals surface area contributed by atoms with E-state index in [0.717, 1.165) is 0 Å². The molecular formula is C17H21O7. The Morgan fingerprint density at radius 2 is 1.29 bits per heavy atom. The van der Waals surface area contributed by atoms with Crippen molar-refractivity contribution in [2.75, 3.05) is 0 Å². The number of aliphatic carboxylic acids is 2. The van der Waals surface area contributed by atoms with Crippen molar-refractivity contribution in [2.24, 2.45) is 0 Å². The van der Waals surface area contributed by atoms with Crippen LogP contribution in [-0.2, 0) is 20.4 Å². The summed E-state index contributed by atoms with van der Waals surface area (Å²) in [5.41, 5.74) is -1.16. The van der Waals surface area contributed by atoms with E-state index < -0.39 is 28.9 Å². The first-order valence-corrected chi connectivity index (χ1v) is 7.26. The van der Waals surface area contributed by atoms with Crippen molar-refractivity contribution in [2.45, 2.75) is 51.4 Å². The van der Waals surface area contributed by atoms with Gasteiger partial charge in [0.15, 0.2) is 0 Å². The molecule has 0 heterocycles. The van der Waals surface area contributed by atoms with Crippen molar-refractivity contribution in [3.63, 3.8) is 0 Å². The first-order valence-electron chi connectivity index (χ1n) is 7.26. The molecule has 0 aliphatic rings. The van der Waals surface area contributed by atoms with Gasteiger partial charge in [-0.2, -0.15) is 0 Å². The van der Waals surface area contributed by atoms with Gasteiger partial charge in [0.2, 0.25) is 0 Å². The van der Waals surface area contributed by atoms with Crippen LogP contribution >= 0.6 is 0 Å². The fourth-order valence-corrected chi connectivity index (χ4v) is 2.63. The molecule has 1 aromatic rings.